The Hall–Kier alpha value is 2.58. The van der Waals surface area contributed by atoms with E-state index in [2.05, 4.69) is 67.2 Å². The second-order valence-electron chi connectivity index (χ2n) is 4.73. The third-order valence-corrected chi connectivity index (χ3v) is 3.95. The summed E-state index contributed by atoms with van der Waals surface area (Å²) in [6.45, 7) is 6.89. The van der Waals surface area contributed by atoms with Crippen molar-refractivity contribution in [2.24, 2.45) is 0 Å². The van der Waals surface area contributed by atoms with Gasteiger partial charge in [-0.15, -0.1) is 9.24 Å². The van der Waals surface area contributed by atoms with Crippen LogP contribution in [-0.2, 0) is 0 Å². The number of hydrogen-bond donors (Lipinski definition) is 1. The maximum absolute atomic E-state index is 3.17. The standard InChI is InChI=1S/C13H29P.HI3.H3N/c1-4-7-10-13(14,11-8-5-2)12-9-6-3;1-3-2;/h4-12,14H2,1-3H3;3H;1H3. The van der Waals surface area contributed by atoms with E-state index in [0.29, 0.717) is 18.4 Å². The average Bonchev–Trinajstić information content (AvgIpc) is 2.33. The zero-order chi connectivity index (χ0) is 13.6. The van der Waals surface area contributed by atoms with Gasteiger partial charge >= 0.3 is 50.5 Å². The third kappa shape index (κ3) is 18.6. The Morgan fingerprint density at radius 1 is 0.833 bits per heavy atom. The number of rotatable bonds is 9. The first-order chi connectivity index (χ1) is 8.10. The fourth-order valence-electron chi connectivity index (χ4n) is 1.96. The summed E-state index contributed by atoms with van der Waals surface area (Å²) < 4.78 is 0. The molecule has 116 valence electrons. The molecule has 0 aliphatic heterocycles. The molecule has 0 aromatic rings. The Balaban J connectivity index is -0.000000507. The van der Waals surface area contributed by atoms with Gasteiger partial charge in [0.25, 0.3) is 0 Å². The first kappa shape index (κ1) is 25.5. The van der Waals surface area contributed by atoms with Crippen molar-refractivity contribution in [3.63, 3.8) is 0 Å². The van der Waals surface area contributed by atoms with Gasteiger partial charge < -0.3 is 6.15 Å². The van der Waals surface area contributed by atoms with Crippen LogP contribution in [0.4, 0.5) is 0 Å². The van der Waals surface area contributed by atoms with Crippen molar-refractivity contribution in [3.05, 3.63) is 0 Å². The molecule has 1 nitrogen and oxygen atoms in total. The van der Waals surface area contributed by atoms with E-state index in [1.54, 1.807) is 0 Å². The summed E-state index contributed by atoms with van der Waals surface area (Å²) in [5.74, 6) is 0. The van der Waals surface area contributed by atoms with Crippen molar-refractivity contribution in [1.29, 1.82) is 0 Å². The molecule has 0 rings (SSSR count). The van der Waals surface area contributed by atoms with E-state index in [1.807, 2.05) is 0 Å². The molecule has 0 aromatic carbocycles. The van der Waals surface area contributed by atoms with Gasteiger partial charge in [0.05, 0.1) is 0 Å². The van der Waals surface area contributed by atoms with Crippen LogP contribution in [0.5, 0.6) is 0 Å². The minimum absolute atomic E-state index is 0. The monoisotopic (exact) mass is 615 g/mol. The molecule has 3 N–H and O–H groups in total. The van der Waals surface area contributed by atoms with E-state index in [0.717, 1.165) is 0 Å². The first-order valence-electron chi connectivity index (χ1n) is 6.78. The average molecular weight is 615 g/mol. The van der Waals surface area contributed by atoms with Crippen molar-refractivity contribution >= 4 is 59.7 Å². The molecule has 0 heterocycles. The Kier molecular flexibility index (Phi) is 27.8. The SMILES string of the molecule is CCCCC(P)(CCCC)CCCC.I[IH]I.N. The van der Waals surface area contributed by atoms with Crippen LogP contribution in [-0.4, -0.2) is 5.16 Å². The normalized spacial score (nSPS) is 10.6. The Labute approximate surface area is 148 Å². The van der Waals surface area contributed by atoms with Gasteiger partial charge in [0.2, 0.25) is 0 Å². The fourth-order valence-corrected chi connectivity index (χ4v) is 2.57. The minimum Gasteiger partial charge on any atom is -0.344 e. The number of hydrogen-bond acceptors (Lipinski definition) is 1. The Bertz CT molecular complexity index is 126. The first-order valence-corrected chi connectivity index (χ1v) is 20.9. The van der Waals surface area contributed by atoms with Gasteiger partial charge in [-0.3, -0.25) is 0 Å². The summed E-state index contributed by atoms with van der Waals surface area (Å²) in [5.41, 5.74) is 0. The molecule has 0 saturated heterocycles. The van der Waals surface area contributed by atoms with Crippen LogP contribution in [0.1, 0.15) is 78.6 Å². The van der Waals surface area contributed by atoms with E-state index in [-0.39, 0.29) is 6.15 Å². The predicted molar refractivity (Wildman–Crippen MR) is 119 cm³/mol. The molecular formula is C13H33I3NP. The zero-order valence-electron chi connectivity index (χ0n) is 12.3. The molecule has 1 atom stereocenters. The molecule has 5 heteroatoms. The Morgan fingerprint density at radius 3 is 1.22 bits per heavy atom. The topological polar surface area (TPSA) is 35.0 Å². The van der Waals surface area contributed by atoms with E-state index < -0.39 is 0 Å². The minimum atomic E-state index is 0. The quantitative estimate of drug-likeness (QED) is 0.209. The molecule has 0 aliphatic carbocycles. The summed E-state index contributed by atoms with van der Waals surface area (Å²) in [6, 6.07) is 0. The summed E-state index contributed by atoms with van der Waals surface area (Å²) >= 11 is 5.22. The molecule has 0 saturated carbocycles. The van der Waals surface area contributed by atoms with Gasteiger partial charge in [-0.2, -0.15) is 0 Å². The van der Waals surface area contributed by atoms with Crippen molar-refractivity contribution in [2.45, 2.75) is 83.7 Å². The summed E-state index contributed by atoms with van der Waals surface area (Å²) in [5, 5.41) is 0.571. The third-order valence-electron chi connectivity index (χ3n) is 3.08. The van der Waals surface area contributed by atoms with Gasteiger partial charge in [-0.1, -0.05) is 59.3 Å². The predicted octanol–water partition coefficient (Wildman–Crippen LogP) is 7.72. The van der Waals surface area contributed by atoms with Crippen molar-refractivity contribution < 1.29 is 0 Å². The fraction of sp³-hybridized carbons (Fsp3) is 1.00. The van der Waals surface area contributed by atoms with Gasteiger partial charge in [-0.25, -0.2) is 0 Å². The van der Waals surface area contributed by atoms with Gasteiger partial charge in [0, 0.05) is 0 Å². The number of halogens is 3. The second-order valence-corrected chi connectivity index (χ2v) is 23.5. The van der Waals surface area contributed by atoms with E-state index in [1.165, 1.54) is 57.8 Å². The van der Waals surface area contributed by atoms with Crippen LogP contribution < -0.4 is 6.15 Å². The number of unbranched alkanes of at least 4 members (excludes halogenated alkanes) is 3. The van der Waals surface area contributed by atoms with Crippen LogP contribution in [0, 0.1) is 0 Å². The summed E-state index contributed by atoms with van der Waals surface area (Å²) in [4.78, 5) is 0. The van der Waals surface area contributed by atoms with Crippen LogP contribution in [0.3, 0.4) is 0 Å². The maximum atomic E-state index is 3.17. The van der Waals surface area contributed by atoms with Gasteiger partial charge in [0.15, 0.2) is 0 Å². The molecule has 0 fully saturated rings. The van der Waals surface area contributed by atoms with Crippen LogP contribution in [0.2, 0.25) is 0 Å². The van der Waals surface area contributed by atoms with Gasteiger partial charge in [0.1, 0.15) is 0 Å². The molecule has 0 aliphatic rings. The van der Waals surface area contributed by atoms with Crippen molar-refractivity contribution in [3.8, 4) is 0 Å². The van der Waals surface area contributed by atoms with Crippen molar-refractivity contribution in [2.75, 3.05) is 0 Å². The Morgan fingerprint density at radius 2 is 1.06 bits per heavy atom. The van der Waals surface area contributed by atoms with E-state index in [4.69, 9.17) is 0 Å². The molecule has 0 amide bonds. The maximum Gasteiger partial charge on any atom is -0.344 e. The van der Waals surface area contributed by atoms with Crippen LogP contribution >= 0.6 is 59.7 Å². The molecular weight excluding hydrogens is 582 g/mol. The molecule has 1 unspecified atom stereocenters. The largest absolute Gasteiger partial charge is 0.344 e. The van der Waals surface area contributed by atoms with Crippen LogP contribution in [0.15, 0.2) is 0 Å². The second kappa shape index (κ2) is 19.6. The van der Waals surface area contributed by atoms with E-state index >= 15 is 0 Å². The summed E-state index contributed by atoms with van der Waals surface area (Å²) in [6.07, 6.45) is 12.5. The summed E-state index contributed by atoms with van der Waals surface area (Å²) in [7, 11) is 3.17. The molecule has 0 radical (unpaired) electrons. The molecule has 0 spiro atoms. The molecule has 18 heavy (non-hydrogen) atoms. The molecule has 0 aromatic heterocycles. The smallest absolute Gasteiger partial charge is 0.344 e. The zero-order valence-corrected chi connectivity index (χ0v) is 20.1. The van der Waals surface area contributed by atoms with Crippen molar-refractivity contribution in [1.82, 2.24) is 6.15 Å². The molecule has 0 bridgehead atoms. The van der Waals surface area contributed by atoms with E-state index in [9.17, 15) is 0 Å². The van der Waals surface area contributed by atoms with Gasteiger partial charge in [-0.05, 0) is 24.4 Å². The van der Waals surface area contributed by atoms with Crippen LogP contribution in [0.25, 0.3) is 0 Å².